The summed E-state index contributed by atoms with van der Waals surface area (Å²) in [4.78, 5) is 20.4. The molecular formula is C9H12N4O. The highest BCUT2D eigenvalue weighted by molar-refractivity contribution is 5.87. The first-order valence-electron chi connectivity index (χ1n) is 4.46. The Hall–Kier alpha value is -1.78. The molecule has 4 N–H and O–H groups in total. The van der Waals surface area contributed by atoms with E-state index in [0.717, 1.165) is 11.1 Å². The van der Waals surface area contributed by atoms with Crippen LogP contribution in [0.2, 0.25) is 0 Å². The molecule has 2 rings (SSSR count). The van der Waals surface area contributed by atoms with Gasteiger partial charge in [0.15, 0.2) is 5.82 Å². The van der Waals surface area contributed by atoms with E-state index in [-0.39, 0.29) is 5.82 Å². The molecule has 0 atom stereocenters. The number of nitrogens with zero attached hydrogens (tertiary/aromatic N) is 1. The highest BCUT2D eigenvalue weighted by Crippen LogP contribution is 2.24. The van der Waals surface area contributed by atoms with Crippen LogP contribution in [0.4, 0.5) is 5.82 Å². The summed E-state index contributed by atoms with van der Waals surface area (Å²) < 4.78 is 0. The summed E-state index contributed by atoms with van der Waals surface area (Å²) in [6.07, 6.45) is 1.85. The molecule has 0 fully saturated rings. The zero-order chi connectivity index (χ0) is 10.3. The predicted molar refractivity (Wildman–Crippen MR) is 55.2 cm³/mol. The van der Waals surface area contributed by atoms with Gasteiger partial charge >= 0.3 is 5.69 Å². The van der Waals surface area contributed by atoms with Gasteiger partial charge < -0.3 is 15.7 Å². The second-order valence-electron chi connectivity index (χ2n) is 3.58. The van der Waals surface area contributed by atoms with Crippen LogP contribution < -0.4 is 11.4 Å². The van der Waals surface area contributed by atoms with E-state index >= 15 is 0 Å². The van der Waals surface area contributed by atoms with Crippen LogP contribution in [0.5, 0.6) is 0 Å². The predicted octanol–water partition coefficient (Wildman–Crippen LogP) is 0.957. The number of hydrogen-bond acceptors (Lipinski definition) is 3. The first-order valence-corrected chi connectivity index (χ1v) is 4.46. The van der Waals surface area contributed by atoms with Crippen molar-refractivity contribution in [3.05, 3.63) is 22.2 Å². The third-order valence-corrected chi connectivity index (χ3v) is 2.24. The molecule has 0 aliphatic carbocycles. The SMILES string of the molecule is CC(C)c1c[nH]c2c(N)nc(=O)[nH]c12. The quantitative estimate of drug-likeness (QED) is 0.628. The Balaban J connectivity index is 2.85. The maximum Gasteiger partial charge on any atom is 0.347 e. The number of nitrogen functional groups attached to an aromatic ring is 1. The molecule has 0 bridgehead atoms. The molecule has 0 aliphatic heterocycles. The monoisotopic (exact) mass is 192 g/mol. The van der Waals surface area contributed by atoms with Crippen molar-refractivity contribution in [3.8, 4) is 0 Å². The molecule has 14 heavy (non-hydrogen) atoms. The van der Waals surface area contributed by atoms with Crippen molar-refractivity contribution < 1.29 is 0 Å². The molecule has 0 aromatic carbocycles. The minimum atomic E-state index is -0.406. The van der Waals surface area contributed by atoms with Crippen molar-refractivity contribution >= 4 is 16.9 Å². The normalized spacial score (nSPS) is 11.4. The fourth-order valence-electron chi connectivity index (χ4n) is 1.53. The number of nitrogens with two attached hydrogens (primary N) is 1. The van der Waals surface area contributed by atoms with Crippen molar-refractivity contribution in [2.75, 3.05) is 5.73 Å². The van der Waals surface area contributed by atoms with Gasteiger partial charge in [0.2, 0.25) is 0 Å². The van der Waals surface area contributed by atoms with E-state index in [1.165, 1.54) is 0 Å². The van der Waals surface area contributed by atoms with E-state index in [4.69, 9.17) is 5.73 Å². The molecular weight excluding hydrogens is 180 g/mol. The second kappa shape index (κ2) is 2.87. The molecule has 74 valence electrons. The number of anilines is 1. The van der Waals surface area contributed by atoms with E-state index in [9.17, 15) is 4.79 Å². The highest BCUT2D eigenvalue weighted by atomic mass is 16.1. The Morgan fingerprint density at radius 3 is 2.79 bits per heavy atom. The molecule has 2 aromatic rings. The second-order valence-corrected chi connectivity index (χ2v) is 3.58. The number of aromatic amines is 2. The Morgan fingerprint density at radius 1 is 1.43 bits per heavy atom. The lowest BCUT2D eigenvalue weighted by atomic mass is 10.1. The molecule has 2 aromatic heterocycles. The third kappa shape index (κ3) is 1.17. The summed E-state index contributed by atoms with van der Waals surface area (Å²) in [6.45, 7) is 4.11. The minimum absolute atomic E-state index is 0.246. The van der Waals surface area contributed by atoms with Crippen molar-refractivity contribution in [2.24, 2.45) is 0 Å². The van der Waals surface area contributed by atoms with E-state index in [0.29, 0.717) is 11.4 Å². The molecule has 0 saturated heterocycles. The zero-order valence-electron chi connectivity index (χ0n) is 8.09. The lowest BCUT2D eigenvalue weighted by molar-refractivity contribution is 0.871. The summed E-state index contributed by atoms with van der Waals surface area (Å²) >= 11 is 0. The molecule has 0 unspecified atom stereocenters. The molecule has 0 radical (unpaired) electrons. The van der Waals surface area contributed by atoms with Gasteiger partial charge in [-0.3, -0.25) is 0 Å². The van der Waals surface area contributed by atoms with E-state index in [2.05, 4.69) is 28.8 Å². The molecule has 0 amide bonds. The van der Waals surface area contributed by atoms with Crippen LogP contribution in [0.3, 0.4) is 0 Å². The first kappa shape index (κ1) is 8.80. The molecule has 2 heterocycles. The number of fused-ring (bicyclic) bond motifs is 1. The van der Waals surface area contributed by atoms with Gasteiger partial charge in [-0.15, -0.1) is 0 Å². The Bertz CT molecular complexity index is 523. The zero-order valence-corrected chi connectivity index (χ0v) is 8.09. The van der Waals surface area contributed by atoms with Gasteiger partial charge in [-0.05, 0) is 11.5 Å². The maximum absolute atomic E-state index is 11.1. The van der Waals surface area contributed by atoms with Crippen molar-refractivity contribution in [1.82, 2.24) is 15.0 Å². The van der Waals surface area contributed by atoms with Gasteiger partial charge in [0, 0.05) is 6.20 Å². The smallest absolute Gasteiger partial charge is 0.347 e. The lowest BCUT2D eigenvalue weighted by Gasteiger charge is -2.01. The average Bonchev–Trinajstić information content (AvgIpc) is 2.47. The number of hydrogen-bond donors (Lipinski definition) is 3. The number of rotatable bonds is 1. The molecule has 0 spiro atoms. The molecule has 0 aliphatic rings. The Morgan fingerprint density at radius 2 is 2.14 bits per heavy atom. The third-order valence-electron chi connectivity index (χ3n) is 2.24. The molecule has 5 heteroatoms. The number of aromatic nitrogens is 3. The van der Waals surface area contributed by atoms with Crippen molar-refractivity contribution in [2.45, 2.75) is 19.8 Å². The van der Waals surface area contributed by atoms with Crippen LogP contribution in [0, 0.1) is 0 Å². The van der Waals surface area contributed by atoms with Crippen molar-refractivity contribution in [3.63, 3.8) is 0 Å². The minimum Gasteiger partial charge on any atom is -0.382 e. The van der Waals surface area contributed by atoms with Crippen LogP contribution in [0.1, 0.15) is 25.3 Å². The van der Waals surface area contributed by atoms with Crippen LogP contribution in [-0.4, -0.2) is 15.0 Å². The summed E-state index contributed by atoms with van der Waals surface area (Å²) in [5.41, 5.74) is 7.71. The summed E-state index contributed by atoms with van der Waals surface area (Å²) in [5.74, 6) is 0.580. The largest absolute Gasteiger partial charge is 0.382 e. The topological polar surface area (TPSA) is 87.6 Å². The standard InChI is InChI=1S/C9H12N4O/c1-4(2)5-3-11-7-6(5)12-9(14)13-8(7)10/h3-4,11H,1-2H3,(H3,10,12,13,14). The number of H-pyrrole nitrogens is 2. The lowest BCUT2D eigenvalue weighted by Crippen LogP contribution is -2.12. The van der Waals surface area contributed by atoms with Gasteiger partial charge in [0.05, 0.1) is 5.52 Å². The van der Waals surface area contributed by atoms with Gasteiger partial charge in [0.1, 0.15) is 5.52 Å². The molecule has 5 nitrogen and oxygen atoms in total. The summed E-state index contributed by atoms with van der Waals surface area (Å²) in [7, 11) is 0. The highest BCUT2D eigenvalue weighted by Gasteiger charge is 2.10. The van der Waals surface area contributed by atoms with Crippen LogP contribution in [0.15, 0.2) is 11.0 Å². The van der Waals surface area contributed by atoms with E-state index in [1.807, 2.05) is 6.20 Å². The Kier molecular flexibility index (Phi) is 1.80. The summed E-state index contributed by atoms with van der Waals surface area (Å²) in [5, 5.41) is 0. The summed E-state index contributed by atoms with van der Waals surface area (Å²) in [6, 6.07) is 0. The van der Waals surface area contributed by atoms with Crippen LogP contribution in [-0.2, 0) is 0 Å². The first-order chi connectivity index (χ1) is 6.59. The van der Waals surface area contributed by atoms with E-state index < -0.39 is 5.69 Å². The van der Waals surface area contributed by atoms with Gasteiger partial charge in [-0.1, -0.05) is 13.8 Å². The molecule has 0 saturated carbocycles. The van der Waals surface area contributed by atoms with Gasteiger partial charge in [-0.25, -0.2) is 4.79 Å². The maximum atomic E-state index is 11.1. The van der Waals surface area contributed by atoms with Gasteiger partial charge in [-0.2, -0.15) is 4.98 Å². The van der Waals surface area contributed by atoms with Crippen LogP contribution >= 0.6 is 0 Å². The fourth-order valence-corrected chi connectivity index (χ4v) is 1.53. The van der Waals surface area contributed by atoms with Crippen molar-refractivity contribution in [1.29, 1.82) is 0 Å². The van der Waals surface area contributed by atoms with Crippen LogP contribution in [0.25, 0.3) is 11.0 Å². The average molecular weight is 192 g/mol. The Labute approximate surface area is 80.4 Å². The fraction of sp³-hybridized carbons (Fsp3) is 0.333. The van der Waals surface area contributed by atoms with E-state index in [1.54, 1.807) is 0 Å². The van der Waals surface area contributed by atoms with Gasteiger partial charge in [0.25, 0.3) is 0 Å². The number of nitrogens with one attached hydrogen (secondary N) is 2.